The van der Waals surface area contributed by atoms with E-state index in [2.05, 4.69) is 28.9 Å². The second kappa shape index (κ2) is 4.23. The van der Waals surface area contributed by atoms with E-state index in [-0.39, 0.29) is 0 Å². The number of hydrogen-bond donors (Lipinski definition) is 1. The van der Waals surface area contributed by atoms with Gasteiger partial charge in [0.15, 0.2) is 0 Å². The number of anilines is 1. The summed E-state index contributed by atoms with van der Waals surface area (Å²) < 4.78 is 0. The van der Waals surface area contributed by atoms with Crippen molar-refractivity contribution < 1.29 is 0 Å². The van der Waals surface area contributed by atoms with E-state index >= 15 is 0 Å². The highest BCUT2D eigenvalue weighted by molar-refractivity contribution is 7.19. The van der Waals surface area contributed by atoms with E-state index in [1.54, 1.807) is 0 Å². The van der Waals surface area contributed by atoms with Crippen LogP contribution in [0.4, 0.5) is 5.69 Å². The van der Waals surface area contributed by atoms with Crippen molar-refractivity contribution in [1.82, 2.24) is 9.88 Å². The third-order valence-electron chi connectivity index (χ3n) is 3.50. The maximum atomic E-state index is 9.01. The fraction of sp³-hybridized carbons (Fsp3) is 0.385. The normalized spacial score (nSPS) is 15.6. The molecule has 2 aromatic rings. The van der Waals surface area contributed by atoms with Crippen LogP contribution >= 0.6 is 11.3 Å². The van der Waals surface area contributed by atoms with Gasteiger partial charge in [-0.05, 0) is 18.2 Å². The summed E-state index contributed by atoms with van der Waals surface area (Å²) >= 11 is 1.39. The van der Waals surface area contributed by atoms with Gasteiger partial charge in [0, 0.05) is 30.6 Å². The number of likely N-dealkylation sites (N-methyl/N-ethyl adjacent to an activating group) is 1. The molecule has 0 saturated carbocycles. The number of nitrogens with two attached hydrogens (primary N) is 1. The monoisotopic (exact) mass is 258 g/mol. The van der Waals surface area contributed by atoms with Crippen LogP contribution in [0.5, 0.6) is 0 Å². The van der Waals surface area contributed by atoms with E-state index in [0.29, 0.717) is 10.6 Å². The first-order valence-corrected chi connectivity index (χ1v) is 6.87. The average Bonchev–Trinajstić information content (AvgIpc) is 2.72. The van der Waals surface area contributed by atoms with Crippen LogP contribution in [-0.2, 0) is 13.0 Å². The SMILES string of the molecule is CCN1CCc2nc3sc(C#N)c(N)c3cc2C1. The van der Waals surface area contributed by atoms with E-state index in [0.717, 1.165) is 42.0 Å². The Labute approximate surface area is 110 Å². The number of thiophene rings is 1. The highest BCUT2D eigenvalue weighted by Gasteiger charge is 2.19. The number of pyridine rings is 1. The number of fused-ring (bicyclic) bond motifs is 2. The third-order valence-corrected chi connectivity index (χ3v) is 4.52. The highest BCUT2D eigenvalue weighted by Crippen LogP contribution is 2.34. The van der Waals surface area contributed by atoms with Crippen LogP contribution in [0.25, 0.3) is 10.2 Å². The summed E-state index contributed by atoms with van der Waals surface area (Å²) in [5.74, 6) is 0. The lowest BCUT2D eigenvalue weighted by molar-refractivity contribution is 0.266. The van der Waals surface area contributed by atoms with Crippen molar-refractivity contribution in [2.75, 3.05) is 18.8 Å². The van der Waals surface area contributed by atoms with Gasteiger partial charge < -0.3 is 5.73 Å². The lowest BCUT2D eigenvalue weighted by atomic mass is 10.0. The first-order chi connectivity index (χ1) is 8.72. The zero-order valence-electron chi connectivity index (χ0n) is 10.2. The second-order valence-corrected chi connectivity index (χ2v) is 5.52. The van der Waals surface area contributed by atoms with E-state index in [9.17, 15) is 0 Å². The van der Waals surface area contributed by atoms with Gasteiger partial charge in [0.25, 0.3) is 0 Å². The standard InChI is InChI=1S/C13H14N4S/c1-2-17-4-3-10-8(7-17)5-9-12(15)11(6-14)18-13(9)16-10/h5H,2-4,7,15H2,1H3. The van der Waals surface area contributed by atoms with Crippen LogP contribution in [-0.4, -0.2) is 23.0 Å². The molecule has 18 heavy (non-hydrogen) atoms. The molecule has 0 unspecified atom stereocenters. The third kappa shape index (κ3) is 1.65. The number of hydrogen-bond acceptors (Lipinski definition) is 5. The van der Waals surface area contributed by atoms with Gasteiger partial charge in [-0.25, -0.2) is 4.98 Å². The van der Waals surface area contributed by atoms with Crippen LogP contribution < -0.4 is 5.73 Å². The Kier molecular flexibility index (Phi) is 2.69. The molecule has 4 nitrogen and oxygen atoms in total. The summed E-state index contributed by atoms with van der Waals surface area (Å²) in [6.45, 7) is 5.23. The number of nitriles is 1. The lowest BCUT2D eigenvalue weighted by Crippen LogP contribution is -2.30. The van der Waals surface area contributed by atoms with Crippen molar-refractivity contribution in [1.29, 1.82) is 5.26 Å². The fourth-order valence-electron chi connectivity index (χ4n) is 2.41. The Morgan fingerprint density at radius 1 is 1.61 bits per heavy atom. The van der Waals surface area contributed by atoms with Crippen LogP contribution in [0, 0.1) is 11.3 Å². The molecular weight excluding hydrogens is 244 g/mol. The molecule has 0 amide bonds. The zero-order chi connectivity index (χ0) is 12.7. The molecule has 0 saturated heterocycles. The van der Waals surface area contributed by atoms with Crippen LogP contribution in [0.3, 0.4) is 0 Å². The van der Waals surface area contributed by atoms with Crippen LogP contribution in [0.15, 0.2) is 6.07 Å². The van der Waals surface area contributed by atoms with Crippen LogP contribution in [0.2, 0.25) is 0 Å². The summed E-state index contributed by atoms with van der Waals surface area (Å²) in [6.07, 6.45) is 0.985. The van der Waals surface area contributed by atoms with Gasteiger partial charge in [0.1, 0.15) is 15.8 Å². The summed E-state index contributed by atoms with van der Waals surface area (Å²) in [4.78, 5) is 8.54. The van der Waals surface area contributed by atoms with Crippen molar-refractivity contribution >= 4 is 27.2 Å². The number of aromatic nitrogens is 1. The van der Waals surface area contributed by atoms with Crippen molar-refractivity contribution in [2.24, 2.45) is 0 Å². The Balaban J connectivity index is 2.15. The van der Waals surface area contributed by atoms with Gasteiger partial charge in [0.2, 0.25) is 0 Å². The largest absolute Gasteiger partial charge is 0.396 e. The minimum Gasteiger partial charge on any atom is -0.396 e. The molecule has 0 aliphatic carbocycles. The first kappa shape index (κ1) is 11.5. The maximum Gasteiger partial charge on any atom is 0.130 e. The van der Waals surface area contributed by atoms with Gasteiger partial charge in [-0.2, -0.15) is 5.26 Å². The molecule has 0 fully saturated rings. The van der Waals surface area contributed by atoms with Crippen molar-refractivity contribution in [3.05, 3.63) is 22.2 Å². The summed E-state index contributed by atoms with van der Waals surface area (Å²) in [5.41, 5.74) is 8.99. The molecule has 0 spiro atoms. The smallest absolute Gasteiger partial charge is 0.130 e. The van der Waals surface area contributed by atoms with Gasteiger partial charge in [-0.15, -0.1) is 11.3 Å². The molecule has 5 heteroatoms. The molecule has 3 heterocycles. The molecule has 0 atom stereocenters. The Morgan fingerprint density at radius 3 is 3.17 bits per heavy atom. The second-order valence-electron chi connectivity index (χ2n) is 4.52. The molecule has 0 radical (unpaired) electrons. The molecular formula is C13H14N4S. The quantitative estimate of drug-likeness (QED) is 0.851. The average molecular weight is 258 g/mol. The summed E-state index contributed by atoms with van der Waals surface area (Å²) in [6, 6.07) is 4.26. The molecule has 1 aliphatic rings. The van der Waals surface area contributed by atoms with Gasteiger partial charge >= 0.3 is 0 Å². The molecule has 2 aromatic heterocycles. The van der Waals surface area contributed by atoms with E-state index in [4.69, 9.17) is 11.0 Å². The minimum atomic E-state index is 0.576. The molecule has 0 aromatic carbocycles. The predicted molar refractivity (Wildman–Crippen MR) is 73.4 cm³/mol. The number of nitrogens with zero attached hydrogens (tertiary/aromatic N) is 3. The summed E-state index contributed by atoms with van der Waals surface area (Å²) in [5, 5.41) is 9.95. The summed E-state index contributed by atoms with van der Waals surface area (Å²) in [7, 11) is 0. The van der Waals surface area contributed by atoms with E-state index in [1.165, 1.54) is 16.9 Å². The van der Waals surface area contributed by atoms with Gasteiger partial charge in [0.05, 0.1) is 5.69 Å². The van der Waals surface area contributed by atoms with Crippen molar-refractivity contribution in [2.45, 2.75) is 19.9 Å². The Hall–Kier alpha value is -1.64. The van der Waals surface area contributed by atoms with Crippen molar-refractivity contribution in [3.8, 4) is 6.07 Å². The van der Waals surface area contributed by atoms with Gasteiger partial charge in [-0.1, -0.05) is 6.92 Å². The van der Waals surface area contributed by atoms with Crippen molar-refractivity contribution in [3.63, 3.8) is 0 Å². The first-order valence-electron chi connectivity index (χ1n) is 6.06. The Bertz CT molecular complexity index is 653. The maximum absolute atomic E-state index is 9.01. The molecule has 0 bridgehead atoms. The fourth-order valence-corrected chi connectivity index (χ4v) is 3.30. The van der Waals surface area contributed by atoms with E-state index < -0.39 is 0 Å². The highest BCUT2D eigenvalue weighted by atomic mass is 32.1. The molecule has 92 valence electrons. The zero-order valence-corrected chi connectivity index (χ0v) is 11.0. The molecule has 3 rings (SSSR count). The predicted octanol–water partition coefficient (Wildman–Crippen LogP) is 2.13. The Morgan fingerprint density at radius 2 is 2.44 bits per heavy atom. The molecule has 1 aliphatic heterocycles. The number of rotatable bonds is 1. The number of nitrogen functional groups attached to an aromatic ring is 1. The lowest BCUT2D eigenvalue weighted by Gasteiger charge is -2.26. The minimum absolute atomic E-state index is 0.576. The van der Waals surface area contributed by atoms with Gasteiger partial charge in [-0.3, -0.25) is 4.90 Å². The van der Waals surface area contributed by atoms with E-state index in [1.807, 2.05) is 0 Å². The topological polar surface area (TPSA) is 65.9 Å². The van der Waals surface area contributed by atoms with Crippen LogP contribution in [0.1, 0.15) is 23.1 Å². The molecule has 2 N–H and O–H groups in total.